The van der Waals surface area contributed by atoms with E-state index in [-0.39, 0.29) is 17.8 Å². The minimum absolute atomic E-state index is 0.0996. The molecule has 3 rings (SSSR count). The number of amides is 1. The first kappa shape index (κ1) is 12.9. The van der Waals surface area contributed by atoms with Crippen LogP contribution in [0.3, 0.4) is 0 Å². The molecule has 102 valence electrons. The topological polar surface area (TPSA) is 20.3 Å². The lowest BCUT2D eigenvalue weighted by atomic mass is 10.1. The predicted octanol–water partition coefficient (Wildman–Crippen LogP) is 3.73. The molecule has 0 saturated carbocycles. The zero-order valence-corrected chi connectivity index (χ0v) is 11.6. The van der Waals surface area contributed by atoms with Crippen LogP contribution in [0.2, 0.25) is 0 Å². The zero-order chi connectivity index (χ0) is 14.3. The SMILES string of the molecule is Cc1ccc(F)cc1C(=O)N1c2ccccc2CC1C. The number of carbonyl (C=O) groups is 1. The molecule has 0 aromatic heterocycles. The minimum atomic E-state index is -0.376. The van der Waals surface area contributed by atoms with E-state index in [4.69, 9.17) is 0 Å². The Labute approximate surface area is 117 Å². The third-order valence-corrected chi connectivity index (χ3v) is 3.86. The molecule has 0 bridgehead atoms. The minimum Gasteiger partial charge on any atom is -0.305 e. The highest BCUT2D eigenvalue weighted by Gasteiger charge is 2.31. The van der Waals surface area contributed by atoms with E-state index in [0.717, 1.165) is 17.7 Å². The zero-order valence-electron chi connectivity index (χ0n) is 11.6. The van der Waals surface area contributed by atoms with Crippen molar-refractivity contribution in [1.29, 1.82) is 0 Å². The van der Waals surface area contributed by atoms with Crippen LogP contribution in [0.15, 0.2) is 42.5 Å². The Morgan fingerprint density at radius 2 is 2.00 bits per heavy atom. The first-order valence-electron chi connectivity index (χ1n) is 6.75. The van der Waals surface area contributed by atoms with E-state index < -0.39 is 0 Å². The van der Waals surface area contributed by atoms with Gasteiger partial charge in [0.05, 0.1) is 0 Å². The number of rotatable bonds is 1. The maximum absolute atomic E-state index is 13.4. The molecule has 1 amide bonds. The van der Waals surface area contributed by atoms with E-state index >= 15 is 0 Å². The molecule has 2 nitrogen and oxygen atoms in total. The highest BCUT2D eigenvalue weighted by Crippen LogP contribution is 2.33. The number of benzene rings is 2. The normalized spacial score (nSPS) is 17.1. The fourth-order valence-corrected chi connectivity index (χ4v) is 2.83. The van der Waals surface area contributed by atoms with Gasteiger partial charge >= 0.3 is 0 Å². The number of nitrogens with zero attached hydrogens (tertiary/aromatic N) is 1. The molecule has 0 saturated heterocycles. The second kappa shape index (κ2) is 4.75. The smallest absolute Gasteiger partial charge is 0.258 e. The third kappa shape index (κ3) is 1.99. The monoisotopic (exact) mass is 269 g/mol. The van der Waals surface area contributed by atoms with Gasteiger partial charge in [-0.05, 0) is 49.6 Å². The number of hydrogen-bond acceptors (Lipinski definition) is 1. The van der Waals surface area contributed by atoms with E-state index in [2.05, 4.69) is 0 Å². The summed E-state index contributed by atoms with van der Waals surface area (Å²) in [6, 6.07) is 12.3. The highest BCUT2D eigenvalue weighted by molar-refractivity contribution is 6.08. The van der Waals surface area contributed by atoms with Gasteiger partial charge in [-0.15, -0.1) is 0 Å². The van der Waals surface area contributed by atoms with Crippen molar-refractivity contribution in [2.24, 2.45) is 0 Å². The van der Waals surface area contributed by atoms with Crippen molar-refractivity contribution < 1.29 is 9.18 Å². The Hall–Kier alpha value is -2.16. The summed E-state index contributed by atoms with van der Waals surface area (Å²) < 4.78 is 13.4. The van der Waals surface area contributed by atoms with Crippen molar-refractivity contribution in [3.63, 3.8) is 0 Å². The molecule has 1 aliphatic rings. The van der Waals surface area contributed by atoms with Crippen LogP contribution in [0.5, 0.6) is 0 Å². The molecular weight excluding hydrogens is 253 g/mol. The molecule has 20 heavy (non-hydrogen) atoms. The average molecular weight is 269 g/mol. The molecule has 1 atom stereocenters. The Bertz CT molecular complexity index is 680. The summed E-state index contributed by atoms with van der Waals surface area (Å²) in [6.07, 6.45) is 0.844. The van der Waals surface area contributed by atoms with Gasteiger partial charge in [-0.2, -0.15) is 0 Å². The van der Waals surface area contributed by atoms with Gasteiger partial charge in [-0.3, -0.25) is 4.79 Å². The van der Waals surface area contributed by atoms with E-state index in [1.165, 1.54) is 17.7 Å². The van der Waals surface area contributed by atoms with Crippen molar-refractivity contribution in [1.82, 2.24) is 0 Å². The van der Waals surface area contributed by atoms with Gasteiger partial charge in [-0.25, -0.2) is 4.39 Å². The Morgan fingerprint density at radius 1 is 1.25 bits per heavy atom. The fourth-order valence-electron chi connectivity index (χ4n) is 2.83. The van der Waals surface area contributed by atoms with Crippen LogP contribution in [0.1, 0.15) is 28.4 Å². The summed E-state index contributed by atoms with van der Waals surface area (Å²) in [4.78, 5) is 14.5. The van der Waals surface area contributed by atoms with Crippen LogP contribution in [0.4, 0.5) is 10.1 Å². The molecule has 3 heteroatoms. The Kier molecular flexibility index (Phi) is 3.05. The number of para-hydroxylation sites is 1. The standard InChI is InChI=1S/C17H16FNO/c1-11-7-8-14(18)10-15(11)17(20)19-12(2)9-13-5-3-4-6-16(13)19/h3-8,10,12H,9H2,1-2H3. The summed E-state index contributed by atoms with van der Waals surface area (Å²) in [5, 5.41) is 0. The lowest BCUT2D eigenvalue weighted by molar-refractivity contribution is 0.0980. The molecule has 1 aliphatic heterocycles. The molecule has 0 spiro atoms. The maximum Gasteiger partial charge on any atom is 0.258 e. The van der Waals surface area contributed by atoms with Crippen molar-refractivity contribution in [3.8, 4) is 0 Å². The molecule has 2 aromatic carbocycles. The number of hydrogen-bond donors (Lipinski definition) is 0. The van der Waals surface area contributed by atoms with Gasteiger partial charge in [0.2, 0.25) is 0 Å². The lowest BCUT2D eigenvalue weighted by Crippen LogP contribution is -2.36. The summed E-state index contributed by atoms with van der Waals surface area (Å²) in [5.41, 5.74) is 3.35. The van der Waals surface area contributed by atoms with E-state index in [0.29, 0.717) is 5.56 Å². The van der Waals surface area contributed by atoms with E-state index in [9.17, 15) is 9.18 Å². The number of fused-ring (bicyclic) bond motifs is 1. The molecular formula is C17H16FNO. The summed E-state index contributed by atoms with van der Waals surface area (Å²) >= 11 is 0. The van der Waals surface area contributed by atoms with E-state index in [1.807, 2.05) is 38.1 Å². The van der Waals surface area contributed by atoms with Crippen LogP contribution in [-0.2, 0) is 6.42 Å². The Balaban J connectivity index is 2.05. The predicted molar refractivity (Wildman–Crippen MR) is 77.6 cm³/mol. The molecule has 0 N–H and O–H groups in total. The van der Waals surface area contributed by atoms with Crippen LogP contribution in [0, 0.1) is 12.7 Å². The molecule has 0 radical (unpaired) electrons. The molecule has 2 aromatic rings. The first-order valence-corrected chi connectivity index (χ1v) is 6.75. The summed E-state index contributed by atoms with van der Waals surface area (Å²) in [5.74, 6) is -0.501. The fraction of sp³-hybridized carbons (Fsp3) is 0.235. The molecule has 1 unspecified atom stereocenters. The highest BCUT2D eigenvalue weighted by atomic mass is 19.1. The van der Waals surface area contributed by atoms with Crippen molar-refractivity contribution >= 4 is 11.6 Å². The summed E-state index contributed by atoms with van der Waals surface area (Å²) in [7, 11) is 0. The largest absolute Gasteiger partial charge is 0.305 e. The number of carbonyl (C=O) groups excluding carboxylic acids is 1. The van der Waals surface area contributed by atoms with Gasteiger partial charge in [0.25, 0.3) is 5.91 Å². The van der Waals surface area contributed by atoms with Crippen molar-refractivity contribution in [2.45, 2.75) is 26.3 Å². The van der Waals surface area contributed by atoms with Gasteiger partial charge in [0.1, 0.15) is 5.82 Å². The van der Waals surface area contributed by atoms with Gasteiger partial charge in [0, 0.05) is 17.3 Å². The number of anilines is 1. The van der Waals surface area contributed by atoms with Gasteiger partial charge in [0.15, 0.2) is 0 Å². The van der Waals surface area contributed by atoms with Crippen molar-refractivity contribution in [2.75, 3.05) is 4.90 Å². The third-order valence-electron chi connectivity index (χ3n) is 3.86. The van der Waals surface area contributed by atoms with Gasteiger partial charge < -0.3 is 4.90 Å². The summed E-state index contributed by atoms with van der Waals surface area (Å²) in [6.45, 7) is 3.85. The molecule has 0 aliphatic carbocycles. The lowest BCUT2D eigenvalue weighted by Gasteiger charge is -2.23. The number of halogens is 1. The Morgan fingerprint density at radius 3 is 2.80 bits per heavy atom. The van der Waals surface area contributed by atoms with E-state index in [1.54, 1.807) is 11.0 Å². The van der Waals surface area contributed by atoms with Crippen LogP contribution >= 0.6 is 0 Å². The quantitative estimate of drug-likeness (QED) is 0.772. The second-order valence-corrected chi connectivity index (χ2v) is 5.32. The maximum atomic E-state index is 13.4. The van der Waals surface area contributed by atoms with Crippen LogP contribution in [0.25, 0.3) is 0 Å². The molecule has 0 fully saturated rings. The van der Waals surface area contributed by atoms with Crippen LogP contribution < -0.4 is 4.90 Å². The first-order chi connectivity index (χ1) is 9.58. The molecule has 1 heterocycles. The number of aryl methyl sites for hydroxylation is 1. The van der Waals surface area contributed by atoms with Crippen molar-refractivity contribution in [3.05, 3.63) is 65.0 Å². The van der Waals surface area contributed by atoms with Gasteiger partial charge in [-0.1, -0.05) is 24.3 Å². The average Bonchev–Trinajstić information content (AvgIpc) is 2.76. The van der Waals surface area contributed by atoms with Crippen LogP contribution in [-0.4, -0.2) is 11.9 Å². The second-order valence-electron chi connectivity index (χ2n) is 5.32.